The van der Waals surface area contributed by atoms with Crippen LogP contribution in [0.4, 0.5) is 0 Å². The van der Waals surface area contributed by atoms with Crippen LogP contribution in [0.15, 0.2) is 46.7 Å². The fraction of sp³-hybridized carbons (Fsp3) is 0.211. The minimum absolute atomic E-state index is 0.179. The van der Waals surface area contributed by atoms with Gasteiger partial charge in [-0.25, -0.2) is 8.42 Å². The maximum absolute atomic E-state index is 12.8. The van der Waals surface area contributed by atoms with Gasteiger partial charge in [-0.15, -0.1) is 11.3 Å². The molecule has 1 atom stereocenters. The monoisotopic (exact) mass is 442 g/mol. The third kappa shape index (κ3) is 4.14. The Morgan fingerprint density at radius 3 is 2.56 bits per heavy atom. The predicted molar refractivity (Wildman–Crippen MR) is 110 cm³/mol. The van der Waals surface area contributed by atoms with E-state index in [0.29, 0.717) is 22.0 Å². The van der Waals surface area contributed by atoms with E-state index in [9.17, 15) is 18.3 Å². The summed E-state index contributed by atoms with van der Waals surface area (Å²) in [6.07, 6.45) is 0.469. The normalized spacial score (nSPS) is 13.0. The minimum Gasteiger partial charge on any atom is -0.481 e. The van der Waals surface area contributed by atoms with E-state index in [1.807, 2.05) is 6.92 Å². The molecule has 0 fully saturated rings. The van der Waals surface area contributed by atoms with Crippen molar-refractivity contribution in [2.45, 2.75) is 29.9 Å². The second-order valence-electron chi connectivity index (χ2n) is 6.14. The van der Waals surface area contributed by atoms with Gasteiger partial charge in [-0.2, -0.15) is 0 Å². The van der Waals surface area contributed by atoms with Crippen LogP contribution in [0.2, 0.25) is 10.0 Å². The molecule has 27 heavy (non-hydrogen) atoms. The second-order valence-corrected chi connectivity index (χ2v) is 9.89. The zero-order chi connectivity index (χ0) is 19.8. The largest absolute Gasteiger partial charge is 0.481 e. The number of carboxylic acids is 1. The Bertz CT molecular complexity index is 1120. The standard InChI is InChI=1S/C19H16Cl2O4S2/c1-2-14(19(22)23)16-9-26-18-8-13(5-6-15(16)18)27(24,25)10-11-3-4-12(20)7-17(11)21/h3-9,14H,2,10H2,1H3,(H,22,23). The van der Waals surface area contributed by atoms with Crippen molar-refractivity contribution in [1.82, 2.24) is 0 Å². The van der Waals surface area contributed by atoms with Crippen LogP contribution in [0.3, 0.4) is 0 Å². The molecule has 2 aromatic carbocycles. The van der Waals surface area contributed by atoms with Crippen molar-refractivity contribution >= 4 is 60.4 Å². The van der Waals surface area contributed by atoms with Gasteiger partial charge < -0.3 is 5.11 Å². The number of carboxylic acid groups (broad SMARTS) is 1. The number of thiophene rings is 1. The van der Waals surface area contributed by atoms with E-state index in [1.165, 1.54) is 23.5 Å². The fourth-order valence-corrected chi connectivity index (χ4v) is 6.03. The van der Waals surface area contributed by atoms with Gasteiger partial charge in [-0.1, -0.05) is 42.3 Å². The Kier molecular flexibility index (Phi) is 5.82. The Hall–Kier alpha value is -1.60. The molecular formula is C19H16Cl2O4S2. The number of hydrogen-bond acceptors (Lipinski definition) is 4. The zero-order valence-corrected chi connectivity index (χ0v) is 17.4. The van der Waals surface area contributed by atoms with Gasteiger partial charge in [-0.3, -0.25) is 4.79 Å². The molecule has 8 heteroatoms. The van der Waals surface area contributed by atoms with Crippen molar-refractivity contribution in [3.05, 3.63) is 63.0 Å². The van der Waals surface area contributed by atoms with Crippen LogP contribution in [-0.4, -0.2) is 19.5 Å². The Labute approximate surface area is 171 Å². The first-order valence-electron chi connectivity index (χ1n) is 8.13. The molecule has 0 radical (unpaired) electrons. The maximum Gasteiger partial charge on any atom is 0.311 e. The lowest BCUT2D eigenvalue weighted by atomic mass is 9.96. The van der Waals surface area contributed by atoms with Crippen molar-refractivity contribution in [3.63, 3.8) is 0 Å². The van der Waals surface area contributed by atoms with Crippen molar-refractivity contribution in [2.75, 3.05) is 0 Å². The lowest BCUT2D eigenvalue weighted by Crippen LogP contribution is -2.09. The van der Waals surface area contributed by atoms with Crippen molar-refractivity contribution < 1.29 is 18.3 Å². The average molecular weight is 443 g/mol. The summed E-state index contributed by atoms with van der Waals surface area (Å²) < 4.78 is 26.4. The summed E-state index contributed by atoms with van der Waals surface area (Å²) in [5, 5.41) is 12.7. The molecule has 1 aromatic heterocycles. The molecule has 1 N–H and O–H groups in total. The molecule has 0 aliphatic carbocycles. The SMILES string of the molecule is CCC(C(=O)O)c1csc2cc(S(=O)(=O)Cc3ccc(Cl)cc3Cl)ccc12. The number of rotatable bonds is 6. The van der Waals surface area contributed by atoms with Gasteiger partial charge >= 0.3 is 5.97 Å². The van der Waals surface area contributed by atoms with Gasteiger partial charge in [0, 0.05) is 14.7 Å². The summed E-state index contributed by atoms with van der Waals surface area (Å²) in [4.78, 5) is 11.6. The van der Waals surface area contributed by atoms with Gasteiger partial charge in [0.25, 0.3) is 0 Å². The molecule has 0 aliphatic rings. The van der Waals surface area contributed by atoms with E-state index in [4.69, 9.17) is 23.2 Å². The van der Waals surface area contributed by atoms with Crippen LogP contribution < -0.4 is 0 Å². The van der Waals surface area contributed by atoms with Crippen molar-refractivity contribution in [2.24, 2.45) is 0 Å². The number of carbonyl (C=O) groups is 1. The summed E-state index contributed by atoms with van der Waals surface area (Å²) in [6.45, 7) is 1.82. The first kappa shape index (κ1) is 20.1. The number of fused-ring (bicyclic) bond motifs is 1. The number of sulfone groups is 1. The lowest BCUT2D eigenvalue weighted by Gasteiger charge is -2.10. The van der Waals surface area contributed by atoms with Crippen molar-refractivity contribution in [3.8, 4) is 0 Å². The summed E-state index contributed by atoms with van der Waals surface area (Å²) in [6, 6.07) is 9.51. The van der Waals surface area contributed by atoms with E-state index >= 15 is 0 Å². The van der Waals surface area contributed by atoms with Gasteiger partial charge in [0.2, 0.25) is 0 Å². The molecule has 0 saturated carbocycles. The first-order valence-corrected chi connectivity index (χ1v) is 11.4. The third-order valence-electron chi connectivity index (χ3n) is 4.38. The highest BCUT2D eigenvalue weighted by Gasteiger charge is 2.23. The molecule has 3 rings (SSSR count). The summed E-state index contributed by atoms with van der Waals surface area (Å²) in [5.74, 6) is -1.72. The third-order valence-corrected chi connectivity index (χ3v) is 7.59. The lowest BCUT2D eigenvalue weighted by molar-refractivity contribution is -0.138. The zero-order valence-electron chi connectivity index (χ0n) is 14.3. The maximum atomic E-state index is 12.8. The van der Waals surface area contributed by atoms with E-state index < -0.39 is 21.7 Å². The minimum atomic E-state index is -3.61. The van der Waals surface area contributed by atoms with E-state index in [-0.39, 0.29) is 10.6 Å². The smallest absolute Gasteiger partial charge is 0.311 e. The van der Waals surface area contributed by atoms with Gasteiger partial charge in [0.05, 0.1) is 16.6 Å². The molecule has 4 nitrogen and oxygen atoms in total. The Balaban J connectivity index is 1.98. The first-order chi connectivity index (χ1) is 12.7. The molecule has 0 aliphatic heterocycles. The van der Waals surface area contributed by atoms with Gasteiger partial charge in [-0.05, 0) is 52.6 Å². The van der Waals surface area contributed by atoms with Crippen LogP contribution in [-0.2, 0) is 20.4 Å². The Morgan fingerprint density at radius 1 is 1.19 bits per heavy atom. The van der Waals surface area contributed by atoms with E-state index in [2.05, 4.69) is 0 Å². The average Bonchev–Trinajstić information content (AvgIpc) is 3.01. The van der Waals surface area contributed by atoms with Gasteiger partial charge in [0.1, 0.15) is 0 Å². The molecule has 3 aromatic rings. The van der Waals surface area contributed by atoms with Crippen molar-refractivity contribution in [1.29, 1.82) is 0 Å². The van der Waals surface area contributed by atoms with Gasteiger partial charge in [0.15, 0.2) is 9.84 Å². The van der Waals surface area contributed by atoms with Crippen LogP contribution >= 0.6 is 34.5 Å². The molecule has 0 saturated heterocycles. The summed E-state index contributed by atoms with van der Waals surface area (Å²) in [7, 11) is -3.61. The van der Waals surface area contributed by atoms with Crippen LogP contribution in [0.5, 0.6) is 0 Å². The number of aliphatic carboxylic acids is 1. The van der Waals surface area contributed by atoms with Crippen LogP contribution in [0.1, 0.15) is 30.4 Å². The molecule has 0 amide bonds. The highest BCUT2D eigenvalue weighted by molar-refractivity contribution is 7.90. The quantitative estimate of drug-likeness (QED) is 0.526. The molecule has 1 unspecified atom stereocenters. The molecule has 0 bridgehead atoms. The van der Waals surface area contributed by atoms with Crippen LogP contribution in [0.25, 0.3) is 10.1 Å². The van der Waals surface area contributed by atoms with E-state index in [0.717, 1.165) is 15.6 Å². The number of halogens is 2. The highest BCUT2D eigenvalue weighted by Crippen LogP contribution is 2.35. The summed E-state index contributed by atoms with van der Waals surface area (Å²) in [5.41, 5.74) is 1.19. The van der Waals surface area contributed by atoms with Crippen LogP contribution in [0, 0.1) is 0 Å². The Morgan fingerprint density at radius 2 is 1.93 bits per heavy atom. The molecule has 142 valence electrons. The van der Waals surface area contributed by atoms with E-state index in [1.54, 1.807) is 29.6 Å². The molecule has 0 spiro atoms. The highest BCUT2D eigenvalue weighted by atomic mass is 35.5. The number of benzene rings is 2. The topological polar surface area (TPSA) is 71.4 Å². The molecule has 1 heterocycles. The second kappa shape index (κ2) is 7.80. The summed E-state index contributed by atoms with van der Waals surface area (Å²) >= 11 is 13.3. The fourth-order valence-electron chi connectivity index (χ4n) is 2.95. The predicted octanol–water partition coefficient (Wildman–Crippen LogP) is 5.76. The molecular weight excluding hydrogens is 427 g/mol. The number of hydrogen-bond donors (Lipinski definition) is 1.